The van der Waals surface area contributed by atoms with Gasteiger partial charge in [0.15, 0.2) is 0 Å². The monoisotopic (exact) mass is 174 g/mol. The lowest BCUT2D eigenvalue weighted by Gasteiger charge is -2.02. The maximum Gasteiger partial charge on any atom is 0.0897 e. The molecule has 68 valence electrons. The minimum absolute atomic E-state index is 0.312. The van der Waals surface area contributed by atoms with Crippen molar-refractivity contribution in [2.45, 2.75) is 13.8 Å². The molecule has 0 amide bonds. The zero-order valence-electron chi connectivity index (χ0n) is 8.04. The summed E-state index contributed by atoms with van der Waals surface area (Å²) < 4.78 is 0. The lowest BCUT2D eigenvalue weighted by molar-refractivity contribution is 0.420. The molecule has 1 N–H and O–H groups in total. The van der Waals surface area contributed by atoms with Crippen molar-refractivity contribution in [3.63, 3.8) is 0 Å². The SMILES string of the molecule is C=Cc1cc(C)ccc1/C=C(\C)O. The fraction of sp³-hybridized carbons (Fsp3) is 0.167. The van der Waals surface area contributed by atoms with E-state index < -0.39 is 0 Å². The van der Waals surface area contributed by atoms with E-state index in [-0.39, 0.29) is 0 Å². The van der Waals surface area contributed by atoms with Crippen LogP contribution in [0.25, 0.3) is 12.2 Å². The average Bonchev–Trinajstić information content (AvgIpc) is 2.07. The summed E-state index contributed by atoms with van der Waals surface area (Å²) in [7, 11) is 0. The smallest absolute Gasteiger partial charge is 0.0897 e. The van der Waals surface area contributed by atoms with Gasteiger partial charge in [-0.3, -0.25) is 0 Å². The Labute approximate surface area is 79.0 Å². The van der Waals surface area contributed by atoms with Crippen LogP contribution in [0.3, 0.4) is 0 Å². The van der Waals surface area contributed by atoms with Crippen LogP contribution in [-0.4, -0.2) is 5.11 Å². The Hall–Kier alpha value is -1.50. The number of benzene rings is 1. The summed E-state index contributed by atoms with van der Waals surface area (Å²) in [5, 5.41) is 9.12. The first-order chi connectivity index (χ1) is 6.13. The molecule has 0 aliphatic rings. The molecule has 0 unspecified atom stereocenters. The maximum absolute atomic E-state index is 9.12. The zero-order valence-corrected chi connectivity index (χ0v) is 8.04. The van der Waals surface area contributed by atoms with Crippen LogP contribution < -0.4 is 0 Å². The Morgan fingerprint density at radius 2 is 2.08 bits per heavy atom. The van der Waals surface area contributed by atoms with E-state index in [4.69, 9.17) is 5.11 Å². The molecule has 0 bridgehead atoms. The van der Waals surface area contributed by atoms with Crippen LogP contribution in [-0.2, 0) is 0 Å². The van der Waals surface area contributed by atoms with E-state index in [9.17, 15) is 0 Å². The highest BCUT2D eigenvalue weighted by molar-refractivity contribution is 5.65. The molecule has 0 aliphatic heterocycles. The molecule has 0 aliphatic carbocycles. The van der Waals surface area contributed by atoms with E-state index >= 15 is 0 Å². The fourth-order valence-electron chi connectivity index (χ4n) is 1.23. The molecule has 0 fully saturated rings. The number of aryl methyl sites for hydroxylation is 1. The van der Waals surface area contributed by atoms with Crippen LogP contribution in [0.2, 0.25) is 0 Å². The van der Waals surface area contributed by atoms with E-state index in [0.717, 1.165) is 11.1 Å². The molecule has 0 radical (unpaired) electrons. The number of allylic oxidation sites excluding steroid dienone is 1. The molecule has 0 atom stereocenters. The number of aliphatic hydroxyl groups excluding tert-OH is 1. The quantitative estimate of drug-likeness (QED) is 0.680. The van der Waals surface area contributed by atoms with Gasteiger partial charge < -0.3 is 5.11 Å². The average molecular weight is 174 g/mol. The Morgan fingerprint density at radius 1 is 1.38 bits per heavy atom. The van der Waals surface area contributed by atoms with Crippen LogP contribution in [0, 0.1) is 6.92 Å². The van der Waals surface area contributed by atoms with Gasteiger partial charge in [0.2, 0.25) is 0 Å². The molecule has 0 heterocycles. The van der Waals surface area contributed by atoms with Gasteiger partial charge in [-0.2, -0.15) is 0 Å². The first kappa shape index (κ1) is 9.59. The molecule has 0 spiro atoms. The minimum Gasteiger partial charge on any atom is -0.513 e. The molecule has 0 saturated heterocycles. The third kappa shape index (κ3) is 2.48. The van der Waals surface area contributed by atoms with Gasteiger partial charge in [-0.1, -0.05) is 36.4 Å². The molecule has 0 saturated carbocycles. The third-order valence-corrected chi connectivity index (χ3v) is 1.83. The van der Waals surface area contributed by atoms with Gasteiger partial charge >= 0.3 is 0 Å². The highest BCUT2D eigenvalue weighted by Gasteiger charge is 1.96. The van der Waals surface area contributed by atoms with Crippen molar-refractivity contribution in [3.8, 4) is 0 Å². The number of rotatable bonds is 2. The number of aliphatic hydroxyl groups is 1. The summed E-state index contributed by atoms with van der Waals surface area (Å²) in [5.74, 6) is 0.312. The van der Waals surface area contributed by atoms with E-state index in [1.807, 2.05) is 25.1 Å². The first-order valence-corrected chi connectivity index (χ1v) is 4.24. The van der Waals surface area contributed by atoms with Crippen LogP contribution in [0.15, 0.2) is 30.5 Å². The van der Waals surface area contributed by atoms with Crippen LogP contribution >= 0.6 is 0 Å². The van der Waals surface area contributed by atoms with Crippen molar-refractivity contribution in [3.05, 3.63) is 47.2 Å². The fourth-order valence-corrected chi connectivity index (χ4v) is 1.23. The standard InChI is InChI=1S/C12H14O/c1-4-11-7-9(2)5-6-12(11)8-10(3)13/h4-8,13H,1H2,2-3H3/b10-8+. The maximum atomic E-state index is 9.12. The normalized spacial score (nSPS) is 11.4. The highest BCUT2D eigenvalue weighted by atomic mass is 16.3. The van der Waals surface area contributed by atoms with Crippen molar-refractivity contribution >= 4 is 12.2 Å². The zero-order chi connectivity index (χ0) is 9.84. The van der Waals surface area contributed by atoms with Crippen molar-refractivity contribution in [2.24, 2.45) is 0 Å². The molecule has 1 heteroatoms. The highest BCUT2D eigenvalue weighted by Crippen LogP contribution is 2.15. The molecule has 13 heavy (non-hydrogen) atoms. The molecule has 1 aromatic rings. The predicted octanol–water partition coefficient (Wildman–Crippen LogP) is 3.56. The second kappa shape index (κ2) is 3.94. The largest absolute Gasteiger partial charge is 0.513 e. The molecular formula is C12H14O. The van der Waals surface area contributed by atoms with E-state index in [1.165, 1.54) is 5.56 Å². The van der Waals surface area contributed by atoms with Crippen molar-refractivity contribution in [1.29, 1.82) is 0 Å². The summed E-state index contributed by atoms with van der Waals surface area (Å²) >= 11 is 0. The van der Waals surface area contributed by atoms with Gasteiger partial charge in [0.1, 0.15) is 0 Å². The lowest BCUT2D eigenvalue weighted by atomic mass is 10.0. The van der Waals surface area contributed by atoms with E-state index in [1.54, 1.807) is 19.1 Å². The molecular weight excluding hydrogens is 160 g/mol. The second-order valence-corrected chi connectivity index (χ2v) is 3.12. The van der Waals surface area contributed by atoms with Crippen LogP contribution in [0.4, 0.5) is 0 Å². The predicted molar refractivity (Wildman–Crippen MR) is 57.5 cm³/mol. The van der Waals surface area contributed by atoms with Crippen molar-refractivity contribution in [1.82, 2.24) is 0 Å². The Balaban J connectivity index is 3.21. The first-order valence-electron chi connectivity index (χ1n) is 4.24. The van der Waals surface area contributed by atoms with Gasteiger partial charge in [0, 0.05) is 0 Å². The third-order valence-electron chi connectivity index (χ3n) is 1.83. The lowest BCUT2D eigenvalue weighted by Crippen LogP contribution is -1.83. The van der Waals surface area contributed by atoms with Gasteiger partial charge in [-0.15, -0.1) is 0 Å². The van der Waals surface area contributed by atoms with Crippen molar-refractivity contribution in [2.75, 3.05) is 0 Å². The van der Waals surface area contributed by atoms with Gasteiger partial charge in [0.05, 0.1) is 5.76 Å². The summed E-state index contributed by atoms with van der Waals surface area (Å²) in [5.41, 5.74) is 3.25. The Morgan fingerprint density at radius 3 is 2.62 bits per heavy atom. The summed E-state index contributed by atoms with van der Waals surface area (Å²) in [4.78, 5) is 0. The van der Waals surface area contributed by atoms with Gasteiger partial charge in [-0.05, 0) is 31.1 Å². The number of hydrogen-bond acceptors (Lipinski definition) is 1. The Bertz CT molecular complexity index is 344. The summed E-state index contributed by atoms with van der Waals surface area (Å²) in [6, 6.07) is 6.04. The van der Waals surface area contributed by atoms with E-state index in [0.29, 0.717) is 5.76 Å². The van der Waals surface area contributed by atoms with Gasteiger partial charge in [-0.25, -0.2) is 0 Å². The topological polar surface area (TPSA) is 20.2 Å². The second-order valence-electron chi connectivity index (χ2n) is 3.12. The van der Waals surface area contributed by atoms with Gasteiger partial charge in [0.25, 0.3) is 0 Å². The van der Waals surface area contributed by atoms with Crippen molar-refractivity contribution < 1.29 is 5.11 Å². The summed E-state index contributed by atoms with van der Waals surface area (Å²) in [6.45, 7) is 7.42. The van der Waals surface area contributed by atoms with E-state index in [2.05, 4.69) is 6.58 Å². The summed E-state index contributed by atoms with van der Waals surface area (Å²) in [6.07, 6.45) is 3.53. The minimum atomic E-state index is 0.312. The van der Waals surface area contributed by atoms with Crippen LogP contribution in [0.5, 0.6) is 0 Å². The molecule has 1 aromatic carbocycles. The Kier molecular flexibility index (Phi) is 2.91. The van der Waals surface area contributed by atoms with Crippen LogP contribution in [0.1, 0.15) is 23.6 Å². The molecule has 1 nitrogen and oxygen atoms in total. The number of hydrogen-bond donors (Lipinski definition) is 1. The molecule has 1 rings (SSSR count). The molecule has 0 aromatic heterocycles.